The number of carboxylic acids is 1. The van der Waals surface area contributed by atoms with Gasteiger partial charge in [-0.05, 0) is 36.6 Å². The Labute approximate surface area is 127 Å². The number of carboxylic acid groups (broad SMARTS) is 1. The zero-order valence-electron chi connectivity index (χ0n) is 13.7. The fraction of sp³-hybridized carbons (Fsp3) is 0.588. The lowest BCUT2D eigenvalue weighted by Gasteiger charge is -2.25. The lowest BCUT2D eigenvalue weighted by atomic mass is 9.87. The predicted octanol–water partition coefficient (Wildman–Crippen LogP) is 3.21. The van der Waals surface area contributed by atoms with Crippen LogP contribution in [0.2, 0.25) is 0 Å². The first-order valence-electron chi connectivity index (χ1n) is 7.41. The SMILES string of the molecule is CCNC(C)(CCOc1ccc(C(C)(C)C)cc1)C(=O)O. The molecule has 4 heteroatoms. The van der Waals surface area contributed by atoms with Crippen LogP contribution in [0.25, 0.3) is 0 Å². The second-order valence-electron chi connectivity index (χ2n) is 6.54. The van der Waals surface area contributed by atoms with Crippen LogP contribution in [0.4, 0.5) is 0 Å². The van der Waals surface area contributed by atoms with Crippen LogP contribution in [0.1, 0.15) is 46.6 Å². The third-order valence-corrected chi connectivity index (χ3v) is 3.63. The number of nitrogens with one attached hydrogen (secondary N) is 1. The molecule has 0 fully saturated rings. The van der Waals surface area contributed by atoms with Gasteiger partial charge in [0.2, 0.25) is 0 Å². The number of rotatable bonds is 7. The summed E-state index contributed by atoms with van der Waals surface area (Å²) in [5, 5.41) is 12.3. The van der Waals surface area contributed by atoms with Crippen molar-refractivity contribution in [1.29, 1.82) is 0 Å². The van der Waals surface area contributed by atoms with E-state index in [1.54, 1.807) is 6.92 Å². The topological polar surface area (TPSA) is 58.6 Å². The molecule has 0 bridgehead atoms. The molecule has 2 N–H and O–H groups in total. The molecule has 0 radical (unpaired) electrons. The average molecular weight is 293 g/mol. The summed E-state index contributed by atoms with van der Waals surface area (Å²) in [5.41, 5.74) is 0.420. The highest BCUT2D eigenvalue weighted by Gasteiger charge is 2.31. The van der Waals surface area contributed by atoms with Crippen LogP contribution in [0.3, 0.4) is 0 Å². The van der Waals surface area contributed by atoms with Gasteiger partial charge in [0.15, 0.2) is 0 Å². The third-order valence-electron chi connectivity index (χ3n) is 3.63. The summed E-state index contributed by atoms with van der Waals surface area (Å²) in [7, 11) is 0. The van der Waals surface area contributed by atoms with Gasteiger partial charge < -0.3 is 15.2 Å². The van der Waals surface area contributed by atoms with Gasteiger partial charge in [-0.25, -0.2) is 0 Å². The van der Waals surface area contributed by atoms with Gasteiger partial charge in [-0.2, -0.15) is 0 Å². The van der Waals surface area contributed by atoms with Crippen LogP contribution in [0, 0.1) is 0 Å². The van der Waals surface area contributed by atoms with Gasteiger partial charge in [0.1, 0.15) is 11.3 Å². The maximum absolute atomic E-state index is 11.3. The van der Waals surface area contributed by atoms with E-state index in [0.717, 1.165) is 5.75 Å². The van der Waals surface area contributed by atoms with Crippen molar-refractivity contribution < 1.29 is 14.6 Å². The van der Waals surface area contributed by atoms with Gasteiger partial charge in [0.25, 0.3) is 0 Å². The molecule has 0 aliphatic rings. The number of carbonyl (C=O) groups is 1. The van der Waals surface area contributed by atoms with Gasteiger partial charge in [-0.1, -0.05) is 39.8 Å². The minimum atomic E-state index is -0.944. The number of hydrogen-bond donors (Lipinski definition) is 2. The van der Waals surface area contributed by atoms with E-state index in [4.69, 9.17) is 4.74 Å². The lowest BCUT2D eigenvalue weighted by Crippen LogP contribution is -2.50. The molecule has 1 aromatic carbocycles. The third kappa shape index (κ3) is 5.05. The van der Waals surface area contributed by atoms with Crippen molar-refractivity contribution in [3.05, 3.63) is 29.8 Å². The Hall–Kier alpha value is -1.55. The number of benzene rings is 1. The molecule has 0 aromatic heterocycles. The monoisotopic (exact) mass is 293 g/mol. The summed E-state index contributed by atoms with van der Waals surface area (Å²) in [6, 6.07) is 7.98. The fourth-order valence-corrected chi connectivity index (χ4v) is 2.09. The Bertz CT molecular complexity index is 462. The molecule has 1 aromatic rings. The second-order valence-corrected chi connectivity index (χ2v) is 6.54. The maximum Gasteiger partial charge on any atom is 0.323 e. The standard InChI is InChI=1S/C17H27NO3/c1-6-18-17(5,15(19)20)11-12-21-14-9-7-13(8-10-14)16(2,3)4/h7-10,18H,6,11-12H2,1-5H3,(H,19,20). The van der Waals surface area contributed by atoms with Crippen molar-refractivity contribution in [3.63, 3.8) is 0 Å². The zero-order chi connectivity index (χ0) is 16.1. The summed E-state index contributed by atoms with van der Waals surface area (Å²) in [4.78, 5) is 11.3. The highest BCUT2D eigenvalue weighted by atomic mass is 16.5. The molecule has 1 rings (SSSR count). The van der Waals surface area contributed by atoms with E-state index in [2.05, 4.69) is 38.2 Å². The molecule has 0 aliphatic heterocycles. The van der Waals surface area contributed by atoms with Crippen LogP contribution >= 0.6 is 0 Å². The van der Waals surface area contributed by atoms with E-state index in [9.17, 15) is 9.90 Å². The molecule has 1 unspecified atom stereocenters. The Morgan fingerprint density at radius 2 is 1.76 bits per heavy atom. The normalized spacial score (nSPS) is 14.5. The quantitative estimate of drug-likeness (QED) is 0.810. The molecule has 0 amide bonds. The van der Waals surface area contributed by atoms with Crippen molar-refractivity contribution in [2.75, 3.05) is 13.2 Å². The number of ether oxygens (including phenoxy) is 1. The fourth-order valence-electron chi connectivity index (χ4n) is 2.09. The summed E-state index contributed by atoms with van der Waals surface area (Å²) < 4.78 is 5.66. The molecule has 0 saturated carbocycles. The van der Waals surface area contributed by atoms with E-state index < -0.39 is 11.5 Å². The summed E-state index contributed by atoms with van der Waals surface area (Å²) in [5.74, 6) is -0.0803. The molecule has 118 valence electrons. The summed E-state index contributed by atoms with van der Waals surface area (Å²) >= 11 is 0. The van der Waals surface area contributed by atoms with Crippen molar-refractivity contribution in [2.24, 2.45) is 0 Å². The first kappa shape index (κ1) is 17.5. The van der Waals surface area contributed by atoms with Crippen molar-refractivity contribution in [1.82, 2.24) is 5.32 Å². The van der Waals surface area contributed by atoms with Crippen LogP contribution in [0.5, 0.6) is 5.75 Å². The van der Waals surface area contributed by atoms with Crippen LogP contribution in [-0.4, -0.2) is 29.8 Å². The van der Waals surface area contributed by atoms with E-state index in [1.165, 1.54) is 5.56 Å². The van der Waals surface area contributed by atoms with E-state index in [0.29, 0.717) is 19.6 Å². The predicted molar refractivity (Wildman–Crippen MR) is 85.0 cm³/mol. The first-order valence-corrected chi connectivity index (χ1v) is 7.41. The summed E-state index contributed by atoms with van der Waals surface area (Å²) in [6.45, 7) is 11.1. The minimum absolute atomic E-state index is 0.117. The zero-order valence-corrected chi connectivity index (χ0v) is 13.7. The van der Waals surface area contributed by atoms with Crippen LogP contribution < -0.4 is 10.1 Å². The molecule has 1 atom stereocenters. The smallest absolute Gasteiger partial charge is 0.323 e. The highest BCUT2D eigenvalue weighted by molar-refractivity contribution is 5.78. The largest absolute Gasteiger partial charge is 0.494 e. The Morgan fingerprint density at radius 1 is 1.19 bits per heavy atom. The minimum Gasteiger partial charge on any atom is -0.494 e. The van der Waals surface area contributed by atoms with Crippen molar-refractivity contribution in [3.8, 4) is 5.75 Å². The van der Waals surface area contributed by atoms with Gasteiger partial charge >= 0.3 is 5.97 Å². The van der Waals surface area contributed by atoms with Gasteiger partial charge in [0.05, 0.1) is 6.61 Å². The highest BCUT2D eigenvalue weighted by Crippen LogP contribution is 2.24. The Kier molecular flexibility index (Phi) is 5.78. The van der Waals surface area contributed by atoms with E-state index in [1.807, 2.05) is 19.1 Å². The van der Waals surface area contributed by atoms with E-state index >= 15 is 0 Å². The molecule has 0 heterocycles. The van der Waals surface area contributed by atoms with Crippen molar-refractivity contribution >= 4 is 5.97 Å². The van der Waals surface area contributed by atoms with Crippen molar-refractivity contribution in [2.45, 2.75) is 52.0 Å². The van der Waals surface area contributed by atoms with E-state index in [-0.39, 0.29) is 5.41 Å². The number of likely N-dealkylation sites (N-methyl/N-ethyl adjacent to an activating group) is 1. The Balaban J connectivity index is 2.58. The molecule has 0 spiro atoms. The van der Waals surface area contributed by atoms with Gasteiger partial charge in [-0.15, -0.1) is 0 Å². The Morgan fingerprint density at radius 3 is 2.19 bits per heavy atom. The van der Waals surface area contributed by atoms with Gasteiger partial charge in [-0.3, -0.25) is 4.79 Å². The second kappa shape index (κ2) is 6.94. The average Bonchev–Trinajstić information content (AvgIpc) is 2.38. The summed E-state index contributed by atoms with van der Waals surface area (Å²) in [6.07, 6.45) is 0.414. The van der Waals surface area contributed by atoms with Crippen LogP contribution in [0.15, 0.2) is 24.3 Å². The van der Waals surface area contributed by atoms with Crippen LogP contribution in [-0.2, 0) is 10.2 Å². The first-order chi connectivity index (χ1) is 9.69. The molecular formula is C17H27NO3. The number of aliphatic carboxylic acids is 1. The molecule has 0 aliphatic carbocycles. The lowest BCUT2D eigenvalue weighted by molar-refractivity contribution is -0.144. The molecule has 0 saturated heterocycles. The van der Waals surface area contributed by atoms with Gasteiger partial charge in [0, 0.05) is 6.42 Å². The maximum atomic E-state index is 11.3. The molecular weight excluding hydrogens is 266 g/mol. The number of hydrogen-bond acceptors (Lipinski definition) is 3. The molecule has 21 heavy (non-hydrogen) atoms. The molecule has 4 nitrogen and oxygen atoms in total.